The molecule has 7 heteroatoms. The van der Waals surface area contributed by atoms with Gasteiger partial charge in [0.15, 0.2) is 6.61 Å². The van der Waals surface area contributed by atoms with Gasteiger partial charge in [-0.25, -0.2) is 0 Å². The maximum absolute atomic E-state index is 12.2. The van der Waals surface area contributed by atoms with Gasteiger partial charge in [0.1, 0.15) is 5.75 Å². The molecule has 0 aliphatic carbocycles. The number of nitrogens with one attached hydrogen (secondary N) is 2. The quantitative estimate of drug-likeness (QED) is 0.786. The molecule has 0 radical (unpaired) electrons. The highest BCUT2D eigenvalue weighted by atomic mass is 16.5. The molecule has 0 spiro atoms. The number of amides is 3. The predicted molar refractivity (Wildman–Crippen MR) is 111 cm³/mol. The Balaban J connectivity index is 1.54. The van der Waals surface area contributed by atoms with Crippen LogP contribution in [0.4, 0.5) is 11.4 Å². The molecule has 0 aromatic heterocycles. The number of benzene rings is 2. The normalized spacial score (nSPS) is 15.9. The number of ether oxygens (including phenoxy) is 1. The number of hydrogen-bond acceptors (Lipinski definition) is 4. The number of aryl methyl sites for hydroxylation is 2. The summed E-state index contributed by atoms with van der Waals surface area (Å²) in [7, 11) is 1.57. The maximum Gasteiger partial charge on any atom is 0.262 e. The lowest BCUT2D eigenvalue weighted by molar-refractivity contribution is -0.125. The molecular formula is C22H25N3O4. The van der Waals surface area contributed by atoms with Crippen molar-refractivity contribution in [2.24, 2.45) is 5.92 Å². The van der Waals surface area contributed by atoms with Crippen LogP contribution in [0.2, 0.25) is 0 Å². The summed E-state index contributed by atoms with van der Waals surface area (Å²) < 4.78 is 5.54. The molecule has 0 saturated carbocycles. The molecule has 1 aliphatic rings. The maximum atomic E-state index is 12.2. The van der Waals surface area contributed by atoms with Crippen LogP contribution in [0, 0.1) is 19.8 Å². The smallest absolute Gasteiger partial charge is 0.262 e. The minimum absolute atomic E-state index is 0.0833. The highest BCUT2D eigenvalue weighted by Gasteiger charge is 2.34. The van der Waals surface area contributed by atoms with E-state index in [1.165, 1.54) is 0 Å². The zero-order valence-corrected chi connectivity index (χ0v) is 16.8. The average Bonchev–Trinajstić information content (AvgIpc) is 3.10. The van der Waals surface area contributed by atoms with Crippen molar-refractivity contribution in [3.63, 3.8) is 0 Å². The van der Waals surface area contributed by atoms with Crippen molar-refractivity contribution in [1.82, 2.24) is 5.32 Å². The van der Waals surface area contributed by atoms with Gasteiger partial charge in [0.25, 0.3) is 5.91 Å². The Morgan fingerprint density at radius 2 is 1.83 bits per heavy atom. The molecule has 1 atom stereocenters. The fraction of sp³-hybridized carbons (Fsp3) is 0.318. The first-order valence-electron chi connectivity index (χ1n) is 9.49. The van der Waals surface area contributed by atoms with Crippen LogP contribution in [0.5, 0.6) is 5.75 Å². The number of anilines is 2. The summed E-state index contributed by atoms with van der Waals surface area (Å²) in [6, 6.07) is 12.6. The third-order valence-electron chi connectivity index (χ3n) is 5.05. The predicted octanol–water partition coefficient (Wildman–Crippen LogP) is 2.42. The molecule has 1 fully saturated rings. The van der Waals surface area contributed by atoms with E-state index in [1.54, 1.807) is 36.2 Å². The number of rotatable bonds is 6. The van der Waals surface area contributed by atoms with Crippen molar-refractivity contribution < 1.29 is 19.1 Å². The van der Waals surface area contributed by atoms with E-state index in [1.807, 2.05) is 32.0 Å². The highest BCUT2D eigenvalue weighted by molar-refractivity contribution is 6.00. The SMILES string of the molecule is CNC(=O)[C@H]1CC(=O)N(c2ccc(OCC(=O)Nc3ccc(C)c(C)c3)cc2)C1. The van der Waals surface area contributed by atoms with Crippen LogP contribution in [-0.2, 0) is 14.4 Å². The van der Waals surface area contributed by atoms with Crippen molar-refractivity contribution in [2.75, 3.05) is 30.4 Å². The van der Waals surface area contributed by atoms with Gasteiger partial charge in [-0.2, -0.15) is 0 Å². The second-order valence-corrected chi connectivity index (χ2v) is 7.15. The summed E-state index contributed by atoms with van der Waals surface area (Å²) in [6.45, 7) is 4.25. The number of carbonyl (C=O) groups excluding carboxylic acids is 3. The lowest BCUT2D eigenvalue weighted by atomic mass is 10.1. The third kappa shape index (κ3) is 4.93. The molecular weight excluding hydrogens is 370 g/mol. The van der Waals surface area contributed by atoms with E-state index in [4.69, 9.17) is 4.74 Å². The van der Waals surface area contributed by atoms with Crippen LogP contribution in [-0.4, -0.2) is 37.9 Å². The lowest BCUT2D eigenvalue weighted by Gasteiger charge is -2.17. The van der Waals surface area contributed by atoms with Crippen molar-refractivity contribution in [1.29, 1.82) is 0 Å². The van der Waals surface area contributed by atoms with Crippen LogP contribution in [0.25, 0.3) is 0 Å². The summed E-state index contributed by atoms with van der Waals surface area (Å²) in [5.41, 5.74) is 3.70. The van der Waals surface area contributed by atoms with Crippen LogP contribution in [0.3, 0.4) is 0 Å². The lowest BCUT2D eigenvalue weighted by Crippen LogP contribution is -2.30. The Morgan fingerprint density at radius 1 is 1.10 bits per heavy atom. The molecule has 0 bridgehead atoms. The standard InChI is InChI=1S/C22H25N3O4/c1-14-4-5-17(10-15(14)2)24-20(26)13-29-19-8-6-18(7-9-19)25-12-16(11-21(25)27)22(28)23-3/h4-10,16H,11-13H2,1-3H3,(H,23,28)(H,24,26)/t16-/m0/s1. The first kappa shape index (κ1) is 20.4. The topological polar surface area (TPSA) is 87.7 Å². The molecule has 0 unspecified atom stereocenters. The fourth-order valence-corrected chi connectivity index (χ4v) is 3.22. The monoisotopic (exact) mass is 395 g/mol. The number of hydrogen-bond donors (Lipinski definition) is 2. The first-order valence-corrected chi connectivity index (χ1v) is 9.49. The van der Waals surface area contributed by atoms with Gasteiger partial charge >= 0.3 is 0 Å². The molecule has 7 nitrogen and oxygen atoms in total. The second kappa shape index (κ2) is 8.77. The van der Waals surface area contributed by atoms with Crippen molar-refractivity contribution in [3.8, 4) is 5.75 Å². The molecule has 2 aromatic carbocycles. The first-order chi connectivity index (χ1) is 13.9. The molecule has 2 N–H and O–H groups in total. The van der Waals surface area contributed by atoms with Gasteiger partial charge in [-0.3, -0.25) is 14.4 Å². The van der Waals surface area contributed by atoms with Crippen molar-refractivity contribution in [3.05, 3.63) is 53.6 Å². The van der Waals surface area contributed by atoms with E-state index < -0.39 is 0 Å². The van der Waals surface area contributed by atoms with Crippen LogP contribution < -0.4 is 20.3 Å². The highest BCUT2D eigenvalue weighted by Crippen LogP contribution is 2.27. The summed E-state index contributed by atoms with van der Waals surface area (Å²) in [4.78, 5) is 37.6. The van der Waals surface area contributed by atoms with Crippen molar-refractivity contribution in [2.45, 2.75) is 20.3 Å². The Bertz CT molecular complexity index is 924. The molecule has 1 saturated heterocycles. The van der Waals surface area contributed by atoms with E-state index in [-0.39, 0.29) is 36.7 Å². The molecule has 152 valence electrons. The minimum Gasteiger partial charge on any atom is -0.484 e. The zero-order valence-electron chi connectivity index (χ0n) is 16.8. The average molecular weight is 395 g/mol. The van der Waals surface area contributed by atoms with Crippen molar-refractivity contribution >= 4 is 29.1 Å². The van der Waals surface area contributed by atoms with E-state index in [9.17, 15) is 14.4 Å². The van der Waals surface area contributed by atoms with Gasteiger partial charge in [0.2, 0.25) is 11.8 Å². The van der Waals surface area contributed by atoms with Crippen LogP contribution in [0.15, 0.2) is 42.5 Å². The molecule has 1 heterocycles. The second-order valence-electron chi connectivity index (χ2n) is 7.15. The molecule has 3 rings (SSSR count). The Labute approximate surface area is 170 Å². The summed E-state index contributed by atoms with van der Waals surface area (Å²) in [5, 5.41) is 5.39. The van der Waals surface area contributed by atoms with Gasteiger partial charge in [-0.1, -0.05) is 6.07 Å². The third-order valence-corrected chi connectivity index (χ3v) is 5.05. The van der Waals surface area contributed by atoms with Gasteiger partial charge in [0, 0.05) is 31.4 Å². The number of carbonyl (C=O) groups is 3. The van der Waals surface area contributed by atoms with Crippen LogP contribution in [0.1, 0.15) is 17.5 Å². The fourth-order valence-electron chi connectivity index (χ4n) is 3.22. The van der Waals surface area contributed by atoms with Gasteiger partial charge in [-0.15, -0.1) is 0 Å². The van der Waals surface area contributed by atoms with Gasteiger partial charge in [0.05, 0.1) is 5.92 Å². The summed E-state index contributed by atoms with van der Waals surface area (Å²) in [6.07, 6.45) is 0.205. The van der Waals surface area contributed by atoms with E-state index in [0.717, 1.165) is 16.8 Å². The molecule has 3 amide bonds. The van der Waals surface area contributed by atoms with Crippen LogP contribution >= 0.6 is 0 Å². The molecule has 2 aromatic rings. The summed E-state index contributed by atoms with van der Waals surface area (Å²) in [5.74, 6) is -0.271. The molecule has 29 heavy (non-hydrogen) atoms. The Hall–Kier alpha value is -3.35. The Morgan fingerprint density at radius 3 is 2.48 bits per heavy atom. The molecule has 1 aliphatic heterocycles. The van der Waals surface area contributed by atoms with E-state index in [2.05, 4.69) is 10.6 Å². The van der Waals surface area contributed by atoms with Gasteiger partial charge in [-0.05, 0) is 61.4 Å². The van der Waals surface area contributed by atoms with E-state index in [0.29, 0.717) is 18.0 Å². The minimum atomic E-state index is -0.336. The largest absolute Gasteiger partial charge is 0.484 e. The van der Waals surface area contributed by atoms with E-state index >= 15 is 0 Å². The van der Waals surface area contributed by atoms with Gasteiger partial charge < -0.3 is 20.3 Å². The number of nitrogens with zero attached hydrogens (tertiary/aromatic N) is 1. The summed E-state index contributed by atoms with van der Waals surface area (Å²) >= 11 is 0. The Kier molecular flexibility index (Phi) is 6.16. The zero-order chi connectivity index (χ0) is 21.0.